The predicted octanol–water partition coefficient (Wildman–Crippen LogP) is 1.77. The standard InChI is InChI=1S/C15H18N4O2S/c1-3-19-12(8-9-22(2,20)21)13-10-6-4-5-7-11(10)17-15(16)14(13)18-19/h4-7H,3,8-9H2,1-2H3,(H2,16,17). The van der Waals surface area contributed by atoms with Crippen LogP contribution in [0.4, 0.5) is 5.82 Å². The summed E-state index contributed by atoms with van der Waals surface area (Å²) in [5.41, 5.74) is 8.37. The highest BCUT2D eigenvalue weighted by molar-refractivity contribution is 7.90. The summed E-state index contributed by atoms with van der Waals surface area (Å²) in [6, 6.07) is 7.70. The van der Waals surface area contributed by atoms with Crippen LogP contribution in [0.5, 0.6) is 0 Å². The van der Waals surface area contributed by atoms with Crippen molar-refractivity contribution in [1.82, 2.24) is 14.8 Å². The first-order chi connectivity index (χ1) is 10.4. The average molecular weight is 318 g/mol. The van der Waals surface area contributed by atoms with Crippen LogP contribution in [0, 0.1) is 0 Å². The fraction of sp³-hybridized carbons (Fsp3) is 0.333. The van der Waals surface area contributed by atoms with Gasteiger partial charge >= 0.3 is 0 Å². The number of sulfone groups is 1. The Bertz CT molecular complexity index is 960. The largest absolute Gasteiger partial charge is 0.382 e. The Labute approximate surface area is 128 Å². The van der Waals surface area contributed by atoms with Gasteiger partial charge in [-0.1, -0.05) is 18.2 Å². The second-order valence-electron chi connectivity index (χ2n) is 5.38. The number of hydrogen-bond donors (Lipinski definition) is 1. The van der Waals surface area contributed by atoms with Crippen molar-refractivity contribution in [2.45, 2.75) is 19.9 Å². The summed E-state index contributed by atoms with van der Waals surface area (Å²) in [5, 5.41) is 6.38. The third-order valence-electron chi connectivity index (χ3n) is 3.72. The number of para-hydroxylation sites is 1. The van der Waals surface area contributed by atoms with Gasteiger partial charge in [0.15, 0.2) is 5.82 Å². The first-order valence-corrected chi connectivity index (χ1v) is 9.18. The van der Waals surface area contributed by atoms with Crippen LogP contribution in [-0.2, 0) is 22.8 Å². The lowest BCUT2D eigenvalue weighted by Gasteiger charge is -2.06. The molecule has 2 heterocycles. The monoisotopic (exact) mass is 318 g/mol. The summed E-state index contributed by atoms with van der Waals surface area (Å²) in [6.45, 7) is 2.63. The summed E-state index contributed by atoms with van der Waals surface area (Å²) in [4.78, 5) is 4.39. The van der Waals surface area contributed by atoms with E-state index in [4.69, 9.17) is 5.73 Å². The van der Waals surface area contributed by atoms with Gasteiger partial charge < -0.3 is 5.73 Å². The summed E-state index contributed by atoms with van der Waals surface area (Å²) in [5.74, 6) is 0.464. The van der Waals surface area contributed by atoms with Gasteiger partial charge in [-0.3, -0.25) is 4.68 Å². The molecule has 0 spiro atoms. The molecule has 0 aliphatic heterocycles. The molecular formula is C15H18N4O2S. The minimum atomic E-state index is -3.05. The van der Waals surface area contributed by atoms with Crippen molar-refractivity contribution >= 4 is 37.5 Å². The molecule has 116 valence electrons. The number of nitrogen functional groups attached to an aromatic ring is 1. The van der Waals surface area contributed by atoms with E-state index < -0.39 is 9.84 Å². The van der Waals surface area contributed by atoms with Gasteiger partial charge in [0.25, 0.3) is 0 Å². The van der Waals surface area contributed by atoms with Gasteiger partial charge in [0.05, 0.1) is 11.3 Å². The molecule has 7 heteroatoms. The Morgan fingerprint density at radius 3 is 2.68 bits per heavy atom. The zero-order valence-electron chi connectivity index (χ0n) is 12.6. The van der Waals surface area contributed by atoms with Crippen LogP contribution in [0.25, 0.3) is 21.8 Å². The zero-order valence-corrected chi connectivity index (χ0v) is 13.4. The first kappa shape index (κ1) is 14.8. The van der Waals surface area contributed by atoms with E-state index in [9.17, 15) is 8.42 Å². The van der Waals surface area contributed by atoms with Crippen LogP contribution >= 0.6 is 0 Å². The number of aromatic nitrogens is 3. The van der Waals surface area contributed by atoms with Gasteiger partial charge in [0.1, 0.15) is 15.4 Å². The van der Waals surface area contributed by atoms with Gasteiger partial charge in [0, 0.05) is 35.7 Å². The van der Waals surface area contributed by atoms with E-state index in [2.05, 4.69) is 10.1 Å². The van der Waals surface area contributed by atoms with Crippen LogP contribution in [0.1, 0.15) is 12.6 Å². The SMILES string of the molecule is CCn1nc2c(N)nc3ccccc3c2c1CCS(C)(=O)=O. The lowest BCUT2D eigenvalue weighted by molar-refractivity contribution is 0.596. The van der Waals surface area contributed by atoms with Crippen molar-refractivity contribution in [3.63, 3.8) is 0 Å². The molecule has 1 aromatic carbocycles. The second kappa shape index (κ2) is 5.24. The van der Waals surface area contributed by atoms with Crippen molar-refractivity contribution in [2.24, 2.45) is 0 Å². The van der Waals surface area contributed by atoms with Crippen molar-refractivity contribution in [3.8, 4) is 0 Å². The number of rotatable bonds is 4. The smallest absolute Gasteiger partial charge is 0.152 e. The lowest BCUT2D eigenvalue weighted by Crippen LogP contribution is -2.10. The Balaban J connectivity index is 2.32. The van der Waals surface area contributed by atoms with Crippen LogP contribution in [-0.4, -0.2) is 35.2 Å². The molecule has 0 saturated heterocycles. The average Bonchev–Trinajstić information content (AvgIpc) is 2.84. The molecule has 0 atom stereocenters. The molecule has 0 amide bonds. The lowest BCUT2D eigenvalue weighted by atomic mass is 10.1. The maximum Gasteiger partial charge on any atom is 0.152 e. The second-order valence-corrected chi connectivity index (χ2v) is 7.64. The molecule has 22 heavy (non-hydrogen) atoms. The number of nitrogens with two attached hydrogens (primary N) is 1. The normalized spacial score (nSPS) is 12.3. The number of nitrogens with zero attached hydrogens (tertiary/aromatic N) is 3. The van der Waals surface area contributed by atoms with Gasteiger partial charge in [-0.05, 0) is 13.0 Å². The molecule has 0 fully saturated rings. The van der Waals surface area contributed by atoms with E-state index in [-0.39, 0.29) is 5.75 Å². The van der Waals surface area contributed by atoms with Gasteiger partial charge in [0.2, 0.25) is 0 Å². The highest BCUT2D eigenvalue weighted by Gasteiger charge is 2.18. The molecule has 0 aliphatic rings. The van der Waals surface area contributed by atoms with Gasteiger partial charge in [-0.2, -0.15) is 5.10 Å². The third-order valence-corrected chi connectivity index (χ3v) is 4.67. The molecule has 0 saturated carbocycles. The van der Waals surface area contributed by atoms with Crippen LogP contribution in [0.2, 0.25) is 0 Å². The number of aryl methyl sites for hydroxylation is 2. The van der Waals surface area contributed by atoms with E-state index in [0.29, 0.717) is 24.3 Å². The fourth-order valence-electron chi connectivity index (χ4n) is 2.72. The number of anilines is 1. The van der Waals surface area contributed by atoms with Crippen LogP contribution < -0.4 is 5.73 Å². The Morgan fingerprint density at radius 1 is 1.27 bits per heavy atom. The van der Waals surface area contributed by atoms with E-state index >= 15 is 0 Å². The van der Waals surface area contributed by atoms with Gasteiger partial charge in [-0.15, -0.1) is 0 Å². The number of hydrogen-bond acceptors (Lipinski definition) is 5. The maximum absolute atomic E-state index is 11.5. The molecule has 0 bridgehead atoms. The van der Waals surface area contributed by atoms with Crippen LogP contribution in [0.15, 0.2) is 24.3 Å². The molecule has 2 aromatic heterocycles. The zero-order chi connectivity index (χ0) is 15.9. The van der Waals surface area contributed by atoms with Crippen LogP contribution in [0.3, 0.4) is 0 Å². The predicted molar refractivity (Wildman–Crippen MR) is 88.5 cm³/mol. The van der Waals surface area contributed by atoms with Crippen molar-refractivity contribution < 1.29 is 8.42 Å². The van der Waals surface area contributed by atoms with E-state index in [0.717, 1.165) is 22.0 Å². The Kier molecular flexibility index (Phi) is 3.52. The molecule has 0 radical (unpaired) electrons. The maximum atomic E-state index is 11.5. The minimum absolute atomic E-state index is 0.0876. The highest BCUT2D eigenvalue weighted by atomic mass is 32.2. The topological polar surface area (TPSA) is 90.9 Å². The summed E-state index contributed by atoms with van der Waals surface area (Å²) >= 11 is 0. The molecule has 3 rings (SSSR count). The summed E-state index contributed by atoms with van der Waals surface area (Å²) in [7, 11) is -3.05. The Morgan fingerprint density at radius 2 is 2.00 bits per heavy atom. The van der Waals surface area contributed by atoms with Gasteiger partial charge in [-0.25, -0.2) is 13.4 Å². The first-order valence-electron chi connectivity index (χ1n) is 7.12. The molecule has 0 aliphatic carbocycles. The van der Waals surface area contributed by atoms with Crippen molar-refractivity contribution in [1.29, 1.82) is 0 Å². The molecule has 2 N–H and O–H groups in total. The summed E-state index contributed by atoms with van der Waals surface area (Å²) in [6.07, 6.45) is 1.66. The molecular weight excluding hydrogens is 300 g/mol. The summed E-state index contributed by atoms with van der Waals surface area (Å²) < 4.78 is 24.9. The van der Waals surface area contributed by atoms with Crippen molar-refractivity contribution in [2.75, 3.05) is 17.7 Å². The van der Waals surface area contributed by atoms with E-state index in [1.807, 2.05) is 35.9 Å². The van der Waals surface area contributed by atoms with E-state index in [1.54, 1.807) is 0 Å². The minimum Gasteiger partial charge on any atom is -0.382 e. The molecule has 3 aromatic rings. The van der Waals surface area contributed by atoms with Crippen molar-refractivity contribution in [3.05, 3.63) is 30.0 Å². The highest BCUT2D eigenvalue weighted by Crippen LogP contribution is 2.30. The molecule has 0 unspecified atom stereocenters. The Hall–Kier alpha value is -2.15. The van der Waals surface area contributed by atoms with E-state index in [1.165, 1.54) is 6.26 Å². The number of benzene rings is 1. The molecule has 6 nitrogen and oxygen atoms in total. The quantitative estimate of drug-likeness (QED) is 0.791. The fourth-order valence-corrected chi connectivity index (χ4v) is 3.29. The number of pyridine rings is 1. The third kappa shape index (κ3) is 2.52. The number of fused-ring (bicyclic) bond motifs is 3.